The molecule has 0 radical (unpaired) electrons. The zero-order valence-corrected chi connectivity index (χ0v) is 68.0. The second-order valence-electron chi connectivity index (χ2n) is 31.0. The third-order valence-electron chi connectivity index (χ3n) is 24.3. The van der Waals surface area contributed by atoms with Gasteiger partial charge in [0.1, 0.15) is 0 Å². The van der Waals surface area contributed by atoms with Gasteiger partial charge in [0.2, 0.25) is 0 Å². The largest absolute Gasteiger partial charge is 0.135 e. The normalized spacial score (nSPS) is 12.2. The van der Waals surface area contributed by atoms with E-state index >= 15 is 0 Å². The Bertz CT molecular complexity index is 8520. The Labute approximate surface area is 720 Å². The summed E-state index contributed by atoms with van der Waals surface area (Å²) in [5, 5.41) is 24.3. The van der Waals surface area contributed by atoms with Crippen LogP contribution in [0, 0.1) is 0 Å². The number of thiophene rings is 3. The quantitative estimate of drug-likeness (QED) is 0.126. The molecule has 3 heterocycles. The van der Waals surface area contributed by atoms with Crippen molar-refractivity contribution < 1.29 is 6.85 Å². The van der Waals surface area contributed by atoms with E-state index in [1.807, 2.05) is 59.1 Å². The summed E-state index contributed by atoms with van der Waals surface area (Å²) in [6, 6.07) is 150. The zero-order chi connectivity index (χ0) is 84.2. The van der Waals surface area contributed by atoms with Crippen LogP contribution in [0.15, 0.2) is 449 Å². The number of fused-ring (bicyclic) bond motifs is 16. The maximum absolute atomic E-state index is 8.72. The molecule has 564 valence electrons. The molecule has 0 nitrogen and oxygen atoms in total. The molecule has 0 aliphatic rings. The molecule has 0 aliphatic heterocycles. The summed E-state index contributed by atoms with van der Waals surface area (Å²) < 4.78 is 49.9. The van der Waals surface area contributed by atoms with E-state index in [1.165, 1.54) is 192 Å². The molecule has 0 atom stereocenters. The number of benzene rings is 22. The molecular formula is C118H74S3. The van der Waals surface area contributed by atoms with Crippen LogP contribution in [0.4, 0.5) is 0 Å². The van der Waals surface area contributed by atoms with Crippen molar-refractivity contribution in [3.63, 3.8) is 0 Å². The van der Waals surface area contributed by atoms with Crippen LogP contribution < -0.4 is 0 Å². The number of hydrogen-bond acceptors (Lipinski definition) is 3. The van der Waals surface area contributed by atoms with Gasteiger partial charge in [0.15, 0.2) is 0 Å². The van der Waals surface area contributed by atoms with E-state index in [1.54, 1.807) is 11.3 Å². The van der Waals surface area contributed by atoms with Crippen LogP contribution in [0.5, 0.6) is 0 Å². The van der Waals surface area contributed by atoms with Gasteiger partial charge >= 0.3 is 0 Å². The van der Waals surface area contributed by atoms with Crippen LogP contribution in [0.3, 0.4) is 0 Å². The standard InChI is InChI=1S/C54H34S.2C32H20S/c1-2-15-35(16-3-1)36-31-33-38(34-32-36)39-19-6-7-21-41(39)47-27-13-29-49-53-48(28-14-30-50(53)55-54(47)49)52-45-24-10-8-22-43(45)51(44-23-9-11-25-46(44)52)42-26-12-18-37-17-4-5-20-40(37)42;2*1-2-10-21(11-3-1)31-24-13-4-6-15-26(24)32(27-16-7-5-14-25(27)31)22-18-19-30-28(20-22)23-12-8-9-17-29(23)33-30/h1-34H;2*1-20H/i;1D,2D,3D,10D,11D;. The Hall–Kier alpha value is -14.7. The first kappa shape index (κ1) is 66.4. The van der Waals surface area contributed by atoms with E-state index < -0.39 is 0 Å². The fourth-order valence-electron chi connectivity index (χ4n) is 19.1. The van der Waals surface area contributed by atoms with E-state index in [0.29, 0.717) is 5.56 Å². The smallest absolute Gasteiger partial charge is 0.0629 e. The number of rotatable bonds is 9. The fourth-order valence-corrected chi connectivity index (χ4v) is 22.5. The van der Waals surface area contributed by atoms with Crippen LogP contribution in [0.1, 0.15) is 6.85 Å². The Kier molecular flexibility index (Phi) is 16.6. The van der Waals surface area contributed by atoms with Crippen LogP contribution in [0.2, 0.25) is 0 Å². The van der Waals surface area contributed by atoms with E-state index in [4.69, 9.17) is 6.85 Å². The molecule has 0 bridgehead atoms. The number of hydrogen-bond donors (Lipinski definition) is 0. The molecule has 0 saturated heterocycles. The van der Waals surface area contributed by atoms with Gasteiger partial charge in [0.05, 0.1) is 6.85 Å². The molecule has 121 heavy (non-hydrogen) atoms. The molecule has 0 aliphatic carbocycles. The summed E-state index contributed by atoms with van der Waals surface area (Å²) >= 11 is 5.57. The van der Waals surface area contributed by atoms with Crippen molar-refractivity contribution >= 4 is 170 Å². The Morgan fingerprint density at radius 1 is 0.157 bits per heavy atom. The predicted octanol–water partition coefficient (Wildman–Crippen LogP) is 35.2. The minimum absolute atomic E-state index is 0.190. The molecule has 0 fully saturated rings. The first-order valence-corrected chi connectivity index (χ1v) is 43.5. The predicted molar refractivity (Wildman–Crippen MR) is 529 cm³/mol. The van der Waals surface area contributed by atoms with Crippen molar-refractivity contribution in [2.75, 3.05) is 0 Å². The minimum Gasteiger partial charge on any atom is -0.135 e. The summed E-state index contributed by atoms with van der Waals surface area (Å²) in [4.78, 5) is 0. The van der Waals surface area contributed by atoms with Crippen molar-refractivity contribution in [2.45, 2.75) is 0 Å². The summed E-state index contributed by atoms with van der Waals surface area (Å²) in [6.07, 6.45) is 0. The van der Waals surface area contributed by atoms with Gasteiger partial charge in [-0.15, -0.1) is 34.0 Å². The zero-order valence-electron chi connectivity index (χ0n) is 70.6. The monoisotopic (exact) mass is 1590 g/mol. The molecule has 22 aromatic carbocycles. The van der Waals surface area contributed by atoms with Crippen LogP contribution in [-0.4, -0.2) is 0 Å². The maximum atomic E-state index is 8.72. The average Bonchev–Trinajstić information content (AvgIpc) is 1.51. The summed E-state index contributed by atoms with van der Waals surface area (Å²) in [5.41, 5.74) is 20.8. The lowest BCUT2D eigenvalue weighted by atomic mass is 9.84. The molecule has 25 rings (SSSR count). The molecule has 0 unspecified atom stereocenters. The van der Waals surface area contributed by atoms with E-state index in [-0.39, 0.29) is 35.8 Å². The lowest BCUT2D eigenvalue weighted by molar-refractivity contribution is 1.58. The molecule has 25 aromatic rings. The van der Waals surface area contributed by atoms with Crippen molar-refractivity contribution in [3.8, 4) is 100 Å². The van der Waals surface area contributed by atoms with Crippen LogP contribution in [0.25, 0.3) is 236 Å². The highest BCUT2D eigenvalue weighted by atomic mass is 32.1. The molecule has 3 aromatic heterocycles. The SMILES string of the molecule is [2H]c1c([2H])c([2H])c(-c2c3ccccc3c(-c3ccc4sc5ccccc5c4c3)c3ccccc23)c([2H])c1[2H].c1ccc(-c2c3ccccc3c(-c3ccc4sc5ccccc5c4c3)c3ccccc23)cc1.c1ccc(-c2ccc(-c3ccccc3-c3cccc4c3sc3cccc(-c5c6ccccc6c(-c6cccc7ccccc67)c6ccccc56)c34)cc2)cc1. The summed E-state index contributed by atoms with van der Waals surface area (Å²) in [7, 11) is 0. The van der Waals surface area contributed by atoms with Crippen molar-refractivity contribution in [3.05, 3.63) is 449 Å². The van der Waals surface area contributed by atoms with Gasteiger partial charge in [0.25, 0.3) is 0 Å². The minimum atomic E-state index is -0.384. The van der Waals surface area contributed by atoms with Crippen molar-refractivity contribution in [2.24, 2.45) is 0 Å². The fraction of sp³-hybridized carbons (Fsp3) is 0. The average molecular weight is 1590 g/mol. The van der Waals surface area contributed by atoms with Gasteiger partial charge in [-0.3, -0.25) is 0 Å². The molecule has 0 saturated carbocycles. The van der Waals surface area contributed by atoms with Crippen molar-refractivity contribution in [1.29, 1.82) is 0 Å². The highest BCUT2D eigenvalue weighted by Gasteiger charge is 2.25. The van der Waals surface area contributed by atoms with Crippen molar-refractivity contribution in [1.82, 2.24) is 0 Å². The Morgan fingerprint density at radius 3 is 0.983 bits per heavy atom. The highest BCUT2D eigenvalue weighted by molar-refractivity contribution is 7.27. The lowest BCUT2D eigenvalue weighted by Crippen LogP contribution is -1.92. The molecule has 3 heteroatoms. The first-order chi connectivity index (χ1) is 62.1. The topological polar surface area (TPSA) is 0 Å². The van der Waals surface area contributed by atoms with Crippen LogP contribution >= 0.6 is 34.0 Å². The van der Waals surface area contributed by atoms with Gasteiger partial charge in [-0.2, -0.15) is 0 Å². The maximum Gasteiger partial charge on any atom is 0.0629 e. The second-order valence-corrected chi connectivity index (χ2v) is 34.2. The Balaban J connectivity index is 0.000000113. The molecule has 0 spiro atoms. The first-order valence-electron chi connectivity index (χ1n) is 43.6. The second kappa shape index (κ2) is 30.4. The van der Waals surface area contributed by atoms with Gasteiger partial charge in [0, 0.05) is 66.1 Å². The molecular weight excluding hydrogens is 1510 g/mol. The van der Waals surface area contributed by atoms with E-state index in [2.05, 4.69) is 382 Å². The van der Waals surface area contributed by atoms with Gasteiger partial charge < -0.3 is 0 Å². The van der Waals surface area contributed by atoms with Gasteiger partial charge in [-0.05, 0) is 212 Å². The summed E-state index contributed by atoms with van der Waals surface area (Å²) in [5.74, 6) is 0. The van der Waals surface area contributed by atoms with Gasteiger partial charge in [-0.25, -0.2) is 0 Å². The van der Waals surface area contributed by atoms with E-state index in [9.17, 15) is 0 Å². The third kappa shape index (κ3) is 12.4. The Morgan fingerprint density at radius 2 is 0.471 bits per heavy atom. The van der Waals surface area contributed by atoms with E-state index in [0.717, 1.165) is 32.7 Å². The summed E-state index contributed by atoms with van der Waals surface area (Å²) in [6.45, 7) is 0. The lowest BCUT2D eigenvalue weighted by Gasteiger charge is -2.19. The molecule has 0 amide bonds. The highest BCUT2D eigenvalue weighted by Crippen LogP contribution is 2.53. The third-order valence-corrected chi connectivity index (χ3v) is 27.8. The van der Waals surface area contributed by atoms with Gasteiger partial charge in [-0.1, -0.05) is 406 Å². The van der Waals surface area contributed by atoms with Crippen LogP contribution in [-0.2, 0) is 0 Å². The molecule has 0 N–H and O–H groups in total.